The van der Waals surface area contributed by atoms with Crippen LogP contribution in [-0.2, 0) is 0 Å². The number of rotatable bonds is 7. The van der Waals surface area contributed by atoms with Crippen molar-refractivity contribution in [3.05, 3.63) is 91.5 Å². The zero-order valence-electron chi connectivity index (χ0n) is 20.2. The van der Waals surface area contributed by atoms with Crippen molar-refractivity contribution < 1.29 is 0 Å². The molecular formula is C31H39P2. The SMILES string of the molecule is CC([C]1[CH][CH][CH][C]1P(c1ccccc1)c1ccccc1)P(C1CCCCC1)C1CCCCC1. The molecule has 3 aliphatic carbocycles. The van der Waals surface area contributed by atoms with E-state index in [0.29, 0.717) is 5.66 Å². The van der Waals surface area contributed by atoms with E-state index in [1.807, 2.05) is 0 Å². The highest BCUT2D eigenvalue weighted by molar-refractivity contribution is 7.76. The van der Waals surface area contributed by atoms with E-state index in [0.717, 1.165) is 11.3 Å². The van der Waals surface area contributed by atoms with Crippen molar-refractivity contribution in [2.24, 2.45) is 0 Å². The van der Waals surface area contributed by atoms with Crippen LogP contribution < -0.4 is 10.6 Å². The minimum atomic E-state index is -0.511. The van der Waals surface area contributed by atoms with Crippen LogP contribution >= 0.6 is 15.8 Å². The Morgan fingerprint density at radius 1 is 0.636 bits per heavy atom. The van der Waals surface area contributed by atoms with E-state index >= 15 is 0 Å². The average molecular weight is 474 g/mol. The lowest BCUT2D eigenvalue weighted by Gasteiger charge is -2.45. The van der Waals surface area contributed by atoms with Gasteiger partial charge >= 0.3 is 0 Å². The third kappa shape index (κ3) is 5.60. The van der Waals surface area contributed by atoms with Crippen LogP contribution in [-0.4, -0.2) is 17.0 Å². The van der Waals surface area contributed by atoms with E-state index in [-0.39, 0.29) is 7.92 Å². The summed E-state index contributed by atoms with van der Waals surface area (Å²) in [6.45, 7) is 2.62. The van der Waals surface area contributed by atoms with Crippen LogP contribution in [0.25, 0.3) is 0 Å². The number of benzene rings is 2. The number of hydrogen-bond donors (Lipinski definition) is 0. The highest BCUT2D eigenvalue weighted by Crippen LogP contribution is 2.66. The Kier molecular flexibility index (Phi) is 8.60. The quantitative estimate of drug-likeness (QED) is 0.354. The molecule has 5 rings (SSSR count). The van der Waals surface area contributed by atoms with Gasteiger partial charge in [0.1, 0.15) is 0 Å². The molecule has 0 aromatic heterocycles. The zero-order chi connectivity index (χ0) is 22.5. The monoisotopic (exact) mass is 473 g/mol. The van der Waals surface area contributed by atoms with E-state index in [9.17, 15) is 0 Å². The summed E-state index contributed by atoms with van der Waals surface area (Å²) in [6.07, 6.45) is 22.1. The smallest absolute Gasteiger partial charge is 0.0201 e. The molecular weight excluding hydrogens is 434 g/mol. The molecule has 0 nitrogen and oxygen atoms in total. The van der Waals surface area contributed by atoms with Gasteiger partial charge in [-0.1, -0.05) is 114 Å². The van der Waals surface area contributed by atoms with Crippen LogP contribution in [0.2, 0.25) is 0 Å². The molecule has 0 bridgehead atoms. The van der Waals surface area contributed by atoms with Gasteiger partial charge in [-0.3, -0.25) is 0 Å². The molecule has 0 N–H and O–H groups in total. The second-order valence-electron chi connectivity index (χ2n) is 10.1. The van der Waals surface area contributed by atoms with Gasteiger partial charge in [0.25, 0.3) is 0 Å². The third-order valence-corrected chi connectivity index (χ3v) is 14.4. The molecule has 0 amide bonds. The molecule has 3 saturated carbocycles. The molecule has 1 atom stereocenters. The summed E-state index contributed by atoms with van der Waals surface area (Å²) < 4.78 is 0. The van der Waals surface area contributed by atoms with E-state index in [1.54, 1.807) is 11.6 Å². The fourth-order valence-electron chi connectivity index (χ4n) is 6.41. The molecule has 0 spiro atoms. The molecule has 2 heteroatoms. The molecule has 1 unspecified atom stereocenters. The van der Waals surface area contributed by atoms with Crippen molar-refractivity contribution >= 4 is 26.5 Å². The summed E-state index contributed by atoms with van der Waals surface area (Å²) in [4.78, 5) is 0. The van der Waals surface area contributed by atoms with Crippen LogP contribution in [0.1, 0.15) is 71.1 Å². The van der Waals surface area contributed by atoms with Gasteiger partial charge in [-0.2, -0.15) is 0 Å². The highest BCUT2D eigenvalue weighted by Gasteiger charge is 2.45. The fraction of sp³-hybridized carbons (Fsp3) is 0.452. The second kappa shape index (κ2) is 11.8. The molecule has 173 valence electrons. The summed E-state index contributed by atoms with van der Waals surface area (Å²) in [7, 11) is -0.489. The molecule has 0 aliphatic heterocycles. The van der Waals surface area contributed by atoms with Crippen molar-refractivity contribution in [1.82, 2.24) is 0 Å². The normalized spacial score (nSPS) is 22.9. The predicted octanol–water partition coefficient (Wildman–Crippen LogP) is 8.39. The fourth-order valence-corrected chi connectivity index (χ4v) is 13.4. The van der Waals surface area contributed by atoms with Gasteiger partial charge in [0.2, 0.25) is 0 Å². The number of hydrogen-bond acceptors (Lipinski definition) is 0. The maximum atomic E-state index is 2.62. The van der Waals surface area contributed by atoms with Gasteiger partial charge in [-0.15, -0.1) is 0 Å². The van der Waals surface area contributed by atoms with E-state index in [1.165, 1.54) is 74.8 Å². The molecule has 3 fully saturated rings. The summed E-state index contributed by atoms with van der Waals surface area (Å²) in [6, 6.07) is 22.6. The molecule has 33 heavy (non-hydrogen) atoms. The van der Waals surface area contributed by atoms with E-state index in [2.05, 4.69) is 86.8 Å². The van der Waals surface area contributed by atoms with Crippen LogP contribution in [0.3, 0.4) is 0 Å². The molecule has 2 aromatic carbocycles. The highest BCUT2D eigenvalue weighted by atomic mass is 31.1. The molecule has 5 radical (unpaired) electrons. The van der Waals surface area contributed by atoms with E-state index in [4.69, 9.17) is 0 Å². The van der Waals surface area contributed by atoms with Crippen LogP contribution in [0.4, 0.5) is 0 Å². The molecule has 2 aromatic rings. The van der Waals surface area contributed by atoms with Gasteiger partial charge in [-0.05, 0) is 86.4 Å². The van der Waals surface area contributed by atoms with E-state index < -0.39 is 7.92 Å². The summed E-state index contributed by atoms with van der Waals surface area (Å²) >= 11 is 0. The van der Waals surface area contributed by atoms with Crippen molar-refractivity contribution in [1.29, 1.82) is 0 Å². The Morgan fingerprint density at radius 3 is 1.61 bits per heavy atom. The standard InChI is InChI=1S/C31H39P2/c1-25(32(26-15-6-2-7-16-26)27-17-8-3-9-18-27)30-23-14-24-31(30)33(28-19-10-4-11-20-28)29-21-12-5-13-22-29/h4-5,10-14,19-27H,2-3,6-9,15-18H2,1H3. The van der Waals surface area contributed by atoms with Gasteiger partial charge in [-0.25, -0.2) is 0 Å². The molecule has 0 heterocycles. The minimum Gasteiger partial charge on any atom is -0.0968 e. The summed E-state index contributed by atoms with van der Waals surface area (Å²) in [5.74, 6) is 1.68. The lowest BCUT2D eigenvalue weighted by atomic mass is 9.99. The van der Waals surface area contributed by atoms with Crippen molar-refractivity contribution in [2.75, 3.05) is 0 Å². The maximum Gasteiger partial charge on any atom is 0.0201 e. The van der Waals surface area contributed by atoms with Gasteiger partial charge in [0.05, 0.1) is 0 Å². The zero-order valence-corrected chi connectivity index (χ0v) is 22.0. The second-order valence-corrected chi connectivity index (χ2v) is 15.4. The van der Waals surface area contributed by atoms with Crippen molar-refractivity contribution in [3.8, 4) is 0 Å². The Labute approximate surface area is 205 Å². The Bertz CT molecular complexity index is 765. The third-order valence-electron chi connectivity index (χ3n) is 7.99. The maximum absolute atomic E-state index is 2.62. The topological polar surface area (TPSA) is 0 Å². The average Bonchev–Trinajstić information content (AvgIpc) is 3.36. The summed E-state index contributed by atoms with van der Waals surface area (Å²) in [5, 5.41) is 2.97. The first-order valence-electron chi connectivity index (χ1n) is 13.3. The predicted molar refractivity (Wildman–Crippen MR) is 149 cm³/mol. The largest absolute Gasteiger partial charge is 0.0968 e. The van der Waals surface area contributed by atoms with Crippen LogP contribution in [0.15, 0.2) is 60.7 Å². The molecule has 3 aliphatic rings. The van der Waals surface area contributed by atoms with Gasteiger partial charge < -0.3 is 0 Å². The first kappa shape index (κ1) is 24.0. The van der Waals surface area contributed by atoms with Gasteiger partial charge in [0.15, 0.2) is 0 Å². The van der Waals surface area contributed by atoms with Gasteiger partial charge in [0, 0.05) is 5.66 Å². The Morgan fingerprint density at radius 2 is 1.12 bits per heavy atom. The first-order valence-corrected chi connectivity index (χ1v) is 16.2. The lowest BCUT2D eigenvalue weighted by Crippen LogP contribution is -2.31. The van der Waals surface area contributed by atoms with Crippen LogP contribution in [0, 0.1) is 30.8 Å². The Hall–Kier alpha value is -0.700. The van der Waals surface area contributed by atoms with Crippen LogP contribution in [0.5, 0.6) is 0 Å². The Balaban J connectivity index is 1.45. The summed E-state index contributed by atoms with van der Waals surface area (Å²) in [5.41, 5.74) is 4.33. The minimum absolute atomic E-state index is 0.0228. The van der Waals surface area contributed by atoms with Crippen molar-refractivity contribution in [2.45, 2.75) is 88.1 Å². The lowest BCUT2D eigenvalue weighted by molar-refractivity contribution is 0.482. The van der Waals surface area contributed by atoms with Crippen molar-refractivity contribution in [3.63, 3.8) is 0 Å². The first-order chi connectivity index (χ1) is 16.3. The molecule has 0 saturated heterocycles.